The summed E-state index contributed by atoms with van der Waals surface area (Å²) in [7, 11) is 0. The number of nitrogens with zero attached hydrogens (tertiary/aromatic N) is 3. The number of benzene rings is 6. The largest absolute Gasteiger partial charge is 3.00 e. The average molecular weight is 1240 g/mol. The van der Waals surface area contributed by atoms with E-state index in [2.05, 4.69) is 138 Å². The van der Waals surface area contributed by atoms with Gasteiger partial charge < -0.3 is 19.6 Å². The second-order valence-corrected chi connectivity index (χ2v) is 23.1. The minimum Gasteiger partial charge on any atom is -0.875 e. The van der Waals surface area contributed by atoms with E-state index < -0.39 is 5.41 Å². The summed E-state index contributed by atoms with van der Waals surface area (Å²) in [6, 6.07) is 65.4. The molecule has 78 heavy (non-hydrogen) atoms. The molecule has 8 heteroatoms. The number of fused-ring (bicyclic) bond motifs is 5. The molecule has 0 N–H and O–H groups in total. The predicted molar refractivity (Wildman–Crippen MR) is 326 cm³/mol. The third-order valence-corrected chi connectivity index (χ3v) is 16.3. The topological polar surface area (TPSA) is 70.8 Å². The van der Waals surface area contributed by atoms with E-state index in [1.807, 2.05) is 129 Å². The summed E-state index contributed by atoms with van der Waals surface area (Å²) in [6.07, 6.45) is 17.4. The molecule has 0 aliphatic heterocycles. The van der Waals surface area contributed by atoms with Gasteiger partial charge in [-0.1, -0.05) is 169 Å². The zero-order valence-electron chi connectivity index (χ0n) is 45.5. The Labute approximate surface area is 483 Å². The number of aryl methyl sites for hydroxylation is 2. The summed E-state index contributed by atoms with van der Waals surface area (Å²) in [6.45, 7) is 10.2. The van der Waals surface area contributed by atoms with Crippen molar-refractivity contribution in [3.05, 3.63) is 216 Å². The van der Waals surface area contributed by atoms with Gasteiger partial charge in [-0.3, -0.25) is 4.79 Å². The van der Waals surface area contributed by atoms with E-state index in [1.165, 1.54) is 110 Å². The summed E-state index contributed by atoms with van der Waals surface area (Å²) in [5, 5.41) is 19.8. The fourth-order valence-electron chi connectivity index (χ4n) is 9.70. The van der Waals surface area contributed by atoms with Crippen molar-refractivity contribution in [2.24, 2.45) is 5.41 Å². The van der Waals surface area contributed by atoms with E-state index in [1.54, 1.807) is 0 Å². The molecule has 0 aliphatic carbocycles. The van der Waals surface area contributed by atoms with Crippen LogP contribution in [0.1, 0.15) is 95.7 Å². The average Bonchev–Trinajstić information content (AvgIpc) is 4.34. The first-order chi connectivity index (χ1) is 37.6. The van der Waals surface area contributed by atoms with Gasteiger partial charge in [0.1, 0.15) is 0 Å². The van der Waals surface area contributed by atoms with Crippen LogP contribution in [0.25, 0.3) is 86.7 Å². The Morgan fingerprint density at radius 1 is 0.551 bits per heavy atom. The van der Waals surface area contributed by atoms with Crippen molar-refractivity contribution < 1.29 is 30.0 Å². The van der Waals surface area contributed by atoms with E-state index >= 15 is 0 Å². The number of ketones is 1. The number of allylic oxidation sites excluding steroid dienone is 2. The number of thiophene rings is 2. The molecule has 5 nitrogen and oxygen atoms in total. The van der Waals surface area contributed by atoms with Gasteiger partial charge in [0, 0.05) is 53.7 Å². The molecule has 0 saturated heterocycles. The van der Waals surface area contributed by atoms with Crippen molar-refractivity contribution >= 4 is 71.8 Å². The molecule has 0 unspecified atom stereocenters. The van der Waals surface area contributed by atoms with Crippen LogP contribution in [0.5, 0.6) is 0 Å². The summed E-state index contributed by atoms with van der Waals surface area (Å²) in [4.78, 5) is 27.4. The van der Waals surface area contributed by atoms with Gasteiger partial charge in [-0.25, -0.2) is 0 Å². The molecule has 5 heterocycles. The molecule has 0 radical (unpaired) electrons. The van der Waals surface area contributed by atoms with Crippen LogP contribution >= 0.6 is 22.7 Å². The third kappa shape index (κ3) is 14.5. The fourth-order valence-corrected chi connectivity index (χ4v) is 11.8. The molecule has 0 fully saturated rings. The Morgan fingerprint density at radius 3 is 1.45 bits per heavy atom. The molecule has 0 atom stereocenters. The van der Waals surface area contributed by atoms with E-state index in [0.29, 0.717) is 0 Å². The molecule has 0 bridgehead atoms. The zero-order valence-corrected chi connectivity index (χ0v) is 49.5. The third-order valence-electron chi connectivity index (χ3n) is 13.9. The molecule has 0 spiro atoms. The zero-order chi connectivity index (χ0) is 53.6. The van der Waals surface area contributed by atoms with Crippen molar-refractivity contribution in [3.63, 3.8) is 0 Å². The van der Waals surface area contributed by atoms with Crippen LogP contribution in [-0.4, -0.2) is 20.3 Å². The van der Waals surface area contributed by atoms with Crippen LogP contribution in [0, 0.1) is 17.5 Å². The SMILES string of the molecule is CCCCCCc1ccc(-c2ccc3c(c2)c2cc(-c4ccc(CCCCCC)s4)ccc2n3CC(=O)/C=C(\[O-])C(C)(C)C)s1.[Ir+3].[c-]1ccc2ccccc2c1-c1ccccn1.[c-]1ccc2ccccc2c1-c1ccccn1. The van der Waals surface area contributed by atoms with Crippen LogP contribution in [-0.2, 0) is 44.3 Å². The van der Waals surface area contributed by atoms with E-state index in [0.717, 1.165) is 57.2 Å². The van der Waals surface area contributed by atoms with Crippen molar-refractivity contribution in [1.82, 2.24) is 14.5 Å². The van der Waals surface area contributed by atoms with Crippen molar-refractivity contribution in [3.8, 4) is 43.4 Å². The Kier molecular flexibility index (Phi) is 20.4. The molecule has 5 aromatic heterocycles. The maximum Gasteiger partial charge on any atom is 3.00 e. The van der Waals surface area contributed by atoms with Crippen LogP contribution < -0.4 is 5.11 Å². The Balaban J connectivity index is 0.000000195. The van der Waals surface area contributed by atoms with Crippen LogP contribution in [0.15, 0.2) is 194 Å². The quantitative estimate of drug-likeness (QED) is 0.0394. The first kappa shape index (κ1) is 57.4. The summed E-state index contributed by atoms with van der Waals surface area (Å²) in [5.41, 5.74) is 7.97. The number of pyridine rings is 2. The Morgan fingerprint density at radius 2 is 1.01 bits per heavy atom. The molecule has 396 valence electrons. The number of rotatable bonds is 17. The fraction of sp³-hybridized carbons (Fsp3) is 0.243. The number of hydrogen-bond donors (Lipinski definition) is 0. The first-order valence-electron chi connectivity index (χ1n) is 27.4. The second kappa shape index (κ2) is 27.7. The Bertz CT molecular complexity index is 3500. The van der Waals surface area contributed by atoms with E-state index in [-0.39, 0.29) is 38.2 Å². The van der Waals surface area contributed by atoms with Crippen LogP contribution in [0.4, 0.5) is 0 Å². The number of aromatic nitrogens is 3. The smallest absolute Gasteiger partial charge is 0.875 e. The first-order valence-corrected chi connectivity index (χ1v) is 29.0. The van der Waals surface area contributed by atoms with Gasteiger partial charge in [-0.05, 0) is 120 Å². The minimum atomic E-state index is -0.578. The standard InChI is InChI=1S/C40H49NO2S2.2C15H10N.Ir/c1-6-8-10-12-14-31-18-22-37(44-31)28-16-20-35-33(24-28)34-25-29(38-23-19-32(45-38)15-13-11-9-7-2)17-21-36(34)41(35)27-30(42)26-39(43)40(3,4)5;2*1-2-8-13-12(6-1)7-5-9-14(13)15-10-3-4-11-16-15;/h16-26,43H,6-15,27H2,1-5H3;2*1-8,10-11H;/q;2*-1;+3/p-1/b39-26-;;;. The van der Waals surface area contributed by atoms with Gasteiger partial charge in [0.2, 0.25) is 0 Å². The maximum absolute atomic E-state index is 13.2. The number of carbonyl (C=O) groups excluding carboxylic acids is 1. The monoisotopic (exact) mass is 1240 g/mol. The molecule has 11 rings (SSSR count). The van der Waals surface area contributed by atoms with Crippen molar-refractivity contribution in [2.75, 3.05) is 0 Å². The van der Waals surface area contributed by atoms with Crippen LogP contribution in [0.2, 0.25) is 0 Å². The molecule has 0 aliphatic rings. The number of hydrogen-bond acceptors (Lipinski definition) is 6. The second-order valence-electron chi connectivity index (χ2n) is 20.7. The van der Waals surface area contributed by atoms with Crippen molar-refractivity contribution in [1.29, 1.82) is 0 Å². The Hall–Kier alpha value is -6.80. The minimum absolute atomic E-state index is 0. The maximum atomic E-state index is 13.2. The van der Waals surface area contributed by atoms with Gasteiger partial charge in [0.05, 0.1) is 6.54 Å². The number of unbranched alkanes of at least 4 members (excludes halogenated alkanes) is 6. The van der Waals surface area contributed by atoms with Gasteiger partial charge in [0.15, 0.2) is 5.78 Å². The van der Waals surface area contributed by atoms with Crippen molar-refractivity contribution in [2.45, 2.75) is 105 Å². The predicted octanol–water partition coefficient (Wildman–Crippen LogP) is 18.8. The molecule has 6 aromatic carbocycles. The molecular formula is C70H68IrN3O2S2. The van der Waals surface area contributed by atoms with Gasteiger partial charge in [0.25, 0.3) is 0 Å². The number of carbonyl (C=O) groups is 1. The summed E-state index contributed by atoms with van der Waals surface area (Å²) in [5.74, 6) is -0.303. The van der Waals surface area contributed by atoms with Gasteiger partial charge in [-0.15, -0.1) is 86.7 Å². The van der Waals surface area contributed by atoms with Gasteiger partial charge in [-0.2, -0.15) is 0 Å². The molecular weight excluding hydrogens is 1170 g/mol. The van der Waals surface area contributed by atoms with E-state index in [4.69, 9.17) is 0 Å². The molecule has 0 saturated carbocycles. The summed E-state index contributed by atoms with van der Waals surface area (Å²) >= 11 is 3.79. The summed E-state index contributed by atoms with van der Waals surface area (Å²) < 4.78 is 2.09. The van der Waals surface area contributed by atoms with E-state index in [9.17, 15) is 9.90 Å². The normalized spacial score (nSPS) is 11.5. The van der Waals surface area contributed by atoms with Crippen LogP contribution in [0.3, 0.4) is 0 Å². The molecule has 11 aromatic rings. The van der Waals surface area contributed by atoms with Gasteiger partial charge >= 0.3 is 20.1 Å². The molecule has 0 amide bonds.